The van der Waals surface area contributed by atoms with E-state index in [2.05, 4.69) is 15.6 Å². The Hall–Kier alpha value is -2.38. The average molecular weight is 382 g/mol. The molecular weight excluding hydrogens is 354 g/mol. The molecule has 1 amide bonds. The lowest BCUT2D eigenvalue weighted by Crippen LogP contribution is -2.44. The van der Waals surface area contributed by atoms with Gasteiger partial charge in [0.1, 0.15) is 17.2 Å². The molecule has 150 valence electrons. The molecule has 0 saturated carbocycles. The van der Waals surface area contributed by atoms with Crippen LogP contribution >= 0.6 is 0 Å². The molecule has 1 aliphatic heterocycles. The normalized spacial score (nSPS) is 17.8. The summed E-state index contributed by atoms with van der Waals surface area (Å²) in [6.07, 6.45) is 0.835. The maximum atomic E-state index is 13.2. The van der Waals surface area contributed by atoms with Gasteiger partial charge in [-0.1, -0.05) is 0 Å². The lowest BCUT2D eigenvalue weighted by Gasteiger charge is -2.23. The monoisotopic (exact) mass is 382 g/mol. The van der Waals surface area contributed by atoms with Crippen LogP contribution in [0, 0.1) is 11.6 Å². The Morgan fingerprint density at radius 1 is 1.30 bits per heavy atom. The minimum Gasteiger partial charge on any atom is -0.444 e. The number of carbonyl (C=O) groups is 1. The van der Waals surface area contributed by atoms with Crippen LogP contribution in [-0.4, -0.2) is 55.3 Å². The lowest BCUT2D eigenvalue weighted by atomic mass is 10.1. The van der Waals surface area contributed by atoms with E-state index in [0.29, 0.717) is 31.0 Å². The Kier molecular flexibility index (Phi) is 6.98. The van der Waals surface area contributed by atoms with E-state index < -0.39 is 23.3 Å². The van der Waals surface area contributed by atoms with Crippen molar-refractivity contribution in [3.05, 3.63) is 35.4 Å². The molecule has 27 heavy (non-hydrogen) atoms. The zero-order valence-corrected chi connectivity index (χ0v) is 16.3. The van der Waals surface area contributed by atoms with Crippen LogP contribution in [0.4, 0.5) is 13.6 Å². The van der Waals surface area contributed by atoms with Gasteiger partial charge in [0.2, 0.25) is 0 Å². The molecule has 1 aromatic carbocycles. The van der Waals surface area contributed by atoms with Crippen molar-refractivity contribution < 1.29 is 18.3 Å². The van der Waals surface area contributed by atoms with Crippen molar-refractivity contribution in [2.45, 2.75) is 45.3 Å². The number of ether oxygens (including phenoxy) is 1. The average Bonchev–Trinajstić information content (AvgIpc) is 2.96. The Bertz CT molecular complexity index is 669. The van der Waals surface area contributed by atoms with Gasteiger partial charge in [-0.25, -0.2) is 13.6 Å². The molecule has 0 spiro atoms. The third-order valence-electron chi connectivity index (χ3n) is 4.04. The molecule has 0 radical (unpaired) electrons. The predicted molar refractivity (Wildman–Crippen MR) is 101 cm³/mol. The molecular formula is C19H28F2N4O2. The highest BCUT2D eigenvalue weighted by atomic mass is 19.1. The summed E-state index contributed by atoms with van der Waals surface area (Å²) in [4.78, 5) is 18.2. The fourth-order valence-corrected chi connectivity index (χ4v) is 2.95. The van der Waals surface area contributed by atoms with Gasteiger partial charge in [-0.15, -0.1) is 0 Å². The number of nitrogens with zero attached hydrogens (tertiary/aromatic N) is 2. The van der Waals surface area contributed by atoms with E-state index in [1.54, 1.807) is 7.05 Å². The summed E-state index contributed by atoms with van der Waals surface area (Å²) < 4.78 is 31.8. The molecule has 1 aliphatic rings. The third kappa shape index (κ3) is 7.03. The summed E-state index contributed by atoms with van der Waals surface area (Å²) in [5.41, 5.74) is 0.0532. The van der Waals surface area contributed by atoms with Crippen molar-refractivity contribution in [1.29, 1.82) is 0 Å². The van der Waals surface area contributed by atoms with Crippen LogP contribution < -0.4 is 10.6 Å². The zero-order chi connectivity index (χ0) is 20.0. The number of carbonyl (C=O) groups excluding carboxylic acids is 1. The van der Waals surface area contributed by atoms with Crippen molar-refractivity contribution in [2.24, 2.45) is 4.99 Å². The first-order valence-electron chi connectivity index (χ1n) is 9.06. The number of rotatable bonds is 4. The summed E-state index contributed by atoms with van der Waals surface area (Å²) in [6.45, 7) is 7.33. The number of halogens is 2. The second kappa shape index (κ2) is 9.01. The topological polar surface area (TPSA) is 66.0 Å². The van der Waals surface area contributed by atoms with Crippen molar-refractivity contribution in [1.82, 2.24) is 15.5 Å². The second-order valence-corrected chi connectivity index (χ2v) is 7.58. The molecule has 2 rings (SSSR count). The molecule has 6 nitrogen and oxygen atoms in total. The van der Waals surface area contributed by atoms with Crippen molar-refractivity contribution in [3.8, 4) is 0 Å². The molecule has 8 heteroatoms. The van der Waals surface area contributed by atoms with E-state index in [1.165, 1.54) is 12.1 Å². The van der Waals surface area contributed by atoms with E-state index in [-0.39, 0.29) is 6.04 Å². The highest BCUT2D eigenvalue weighted by molar-refractivity contribution is 5.80. The molecule has 0 aliphatic carbocycles. The van der Waals surface area contributed by atoms with Gasteiger partial charge >= 0.3 is 6.09 Å². The van der Waals surface area contributed by atoms with Crippen LogP contribution in [0.25, 0.3) is 0 Å². The molecule has 1 unspecified atom stereocenters. The molecule has 0 bridgehead atoms. The molecule has 0 aromatic heterocycles. The molecule has 1 heterocycles. The molecule has 2 N–H and O–H groups in total. The predicted octanol–water partition coefficient (Wildman–Crippen LogP) is 2.68. The lowest BCUT2D eigenvalue weighted by molar-refractivity contribution is 0.0507. The second-order valence-electron chi connectivity index (χ2n) is 7.58. The van der Waals surface area contributed by atoms with Crippen molar-refractivity contribution in [3.63, 3.8) is 0 Å². The molecule has 1 saturated heterocycles. The third-order valence-corrected chi connectivity index (χ3v) is 4.04. The van der Waals surface area contributed by atoms with Crippen LogP contribution in [0.5, 0.6) is 0 Å². The van der Waals surface area contributed by atoms with Gasteiger partial charge in [0.15, 0.2) is 5.96 Å². The van der Waals surface area contributed by atoms with Crippen molar-refractivity contribution in [2.75, 3.05) is 26.7 Å². The Morgan fingerprint density at radius 2 is 1.96 bits per heavy atom. The number of nitrogens with one attached hydrogen (secondary N) is 2. The Labute approximate surface area is 159 Å². The zero-order valence-electron chi connectivity index (χ0n) is 16.3. The van der Waals surface area contributed by atoms with Gasteiger partial charge in [-0.05, 0) is 51.3 Å². The quantitative estimate of drug-likeness (QED) is 0.621. The maximum absolute atomic E-state index is 13.2. The first kappa shape index (κ1) is 20.9. The van der Waals surface area contributed by atoms with E-state index in [0.717, 1.165) is 19.0 Å². The molecule has 1 aromatic rings. The number of benzene rings is 1. The molecule has 1 atom stereocenters. The van der Waals surface area contributed by atoms with Crippen LogP contribution in [0.1, 0.15) is 32.8 Å². The summed E-state index contributed by atoms with van der Waals surface area (Å²) >= 11 is 0. The summed E-state index contributed by atoms with van der Waals surface area (Å²) in [7, 11) is 1.68. The van der Waals surface area contributed by atoms with Crippen LogP contribution in [-0.2, 0) is 11.2 Å². The minimum atomic E-state index is -0.579. The number of amides is 1. The first-order chi connectivity index (χ1) is 12.7. The summed E-state index contributed by atoms with van der Waals surface area (Å²) in [6, 6.07) is 3.49. The standard InChI is InChI=1S/C19H28F2N4O2/c1-19(2,3)27-18(26)24-16-6-8-25(12-16)17(22-4)23-7-5-13-9-14(20)11-15(21)10-13/h9-11,16H,5-8,12H2,1-4H3,(H,22,23)(H,24,26). The Morgan fingerprint density at radius 3 is 2.56 bits per heavy atom. The van der Waals surface area contributed by atoms with Gasteiger partial charge in [0.05, 0.1) is 6.04 Å². The largest absolute Gasteiger partial charge is 0.444 e. The van der Waals surface area contributed by atoms with Crippen LogP contribution in [0.3, 0.4) is 0 Å². The van der Waals surface area contributed by atoms with Gasteiger partial charge in [0, 0.05) is 32.7 Å². The number of aliphatic imine (C=N–C) groups is 1. The van der Waals surface area contributed by atoms with E-state index >= 15 is 0 Å². The fourth-order valence-electron chi connectivity index (χ4n) is 2.95. The van der Waals surface area contributed by atoms with E-state index in [9.17, 15) is 13.6 Å². The summed E-state index contributed by atoms with van der Waals surface area (Å²) in [5.74, 6) is -0.463. The highest BCUT2D eigenvalue weighted by Crippen LogP contribution is 2.12. The maximum Gasteiger partial charge on any atom is 0.407 e. The number of likely N-dealkylation sites (tertiary alicyclic amines) is 1. The van der Waals surface area contributed by atoms with Gasteiger partial charge in [0.25, 0.3) is 0 Å². The van der Waals surface area contributed by atoms with Crippen molar-refractivity contribution >= 4 is 12.1 Å². The van der Waals surface area contributed by atoms with Gasteiger partial charge in [-0.3, -0.25) is 4.99 Å². The number of hydrogen-bond acceptors (Lipinski definition) is 3. The number of hydrogen-bond donors (Lipinski definition) is 2. The Balaban J connectivity index is 1.80. The van der Waals surface area contributed by atoms with Crippen LogP contribution in [0.2, 0.25) is 0 Å². The molecule has 1 fully saturated rings. The van der Waals surface area contributed by atoms with E-state index in [4.69, 9.17) is 4.74 Å². The number of guanidine groups is 1. The van der Waals surface area contributed by atoms with Crippen LogP contribution in [0.15, 0.2) is 23.2 Å². The fraction of sp³-hybridized carbons (Fsp3) is 0.579. The number of alkyl carbamates (subject to hydrolysis) is 1. The SMILES string of the molecule is CN=C(NCCc1cc(F)cc(F)c1)N1CCC(NC(=O)OC(C)(C)C)C1. The highest BCUT2D eigenvalue weighted by Gasteiger charge is 2.27. The minimum absolute atomic E-state index is 0.0179. The van der Waals surface area contributed by atoms with Gasteiger partial charge < -0.3 is 20.3 Å². The van der Waals surface area contributed by atoms with E-state index in [1.807, 2.05) is 25.7 Å². The smallest absolute Gasteiger partial charge is 0.407 e. The first-order valence-corrected chi connectivity index (χ1v) is 9.06. The van der Waals surface area contributed by atoms with Gasteiger partial charge in [-0.2, -0.15) is 0 Å². The summed E-state index contributed by atoms with van der Waals surface area (Å²) in [5, 5.41) is 6.07.